The topological polar surface area (TPSA) is 35.5 Å². The van der Waals surface area contributed by atoms with Gasteiger partial charge in [0.15, 0.2) is 6.29 Å². The molecule has 14 heavy (non-hydrogen) atoms. The van der Waals surface area contributed by atoms with Gasteiger partial charge in [-0.05, 0) is 31.0 Å². The van der Waals surface area contributed by atoms with Crippen LogP contribution < -0.4 is 9.47 Å². The van der Waals surface area contributed by atoms with Gasteiger partial charge < -0.3 is 9.47 Å². The average molecular weight is 192 g/mol. The van der Waals surface area contributed by atoms with Gasteiger partial charge in [-0.2, -0.15) is 0 Å². The maximum absolute atomic E-state index is 10.7. The molecule has 0 spiro atoms. The number of methoxy groups -OCH3 is 1. The molecule has 0 atom stereocenters. The van der Waals surface area contributed by atoms with Crippen LogP contribution in [0.5, 0.6) is 11.5 Å². The Hall–Kier alpha value is -1.51. The zero-order valence-corrected chi connectivity index (χ0v) is 8.03. The second-order valence-electron chi connectivity index (χ2n) is 3.34. The predicted molar refractivity (Wildman–Crippen MR) is 52.0 cm³/mol. The molecule has 0 aliphatic heterocycles. The number of carbonyl (C=O) groups is 1. The van der Waals surface area contributed by atoms with Crippen molar-refractivity contribution in [1.82, 2.24) is 0 Å². The van der Waals surface area contributed by atoms with Crippen molar-refractivity contribution in [3.05, 3.63) is 23.8 Å². The van der Waals surface area contributed by atoms with Crippen LogP contribution in [0.25, 0.3) is 0 Å². The first-order chi connectivity index (χ1) is 6.83. The van der Waals surface area contributed by atoms with E-state index < -0.39 is 0 Å². The van der Waals surface area contributed by atoms with Crippen LogP contribution in [-0.4, -0.2) is 19.5 Å². The maximum atomic E-state index is 10.7. The Morgan fingerprint density at radius 3 is 2.79 bits per heavy atom. The Kier molecular flexibility index (Phi) is 2.39. The van der Waals surface area contributed by atoms with Gasteiger partial charge in [-0.1, -0.05) is 0 Å². The van der Waals surface area contributed by atoms with E-state index in [1.165, 1.54) is 0 Å². The molecule has 1 aliphatic rings. The lowest BCUT2D eigenvalue weighted by molar-refractivity contribution is 0.112. The van der Waals surface area contributed by atoms with Crippen LogP contribution in [0.4, 0.5) is 0 Å². The Balaban J connectivity index is 2.21. The quantitative estimate of drug-likeness (QED) is 0.685. The summed E-state index contributed by atoms with van der Waals surface area (Å²) in [5.74, 6) is 1.33. The fourth-order valence-electron chi connectivity index (χ4n) is 1.26. The van der Waals surface area contributed by atoms with Gasteiger partial charge in [0.05, 0.1) is 18.8 Å². The molecule has 1 aliphatic carbocycles. The Bertz CT molecular complexity index is 342. The number of benzene rings is 1. The molecule has 2 rings (SSSR count). The highest BCUT2D eigenvalue weighted by Gasteiger charge is 2.23. The third-order valence-corrected chi connectivity index (χ3v) is 2.16. The van der Waals surface area contributed by atoms with Crippen molar-refractivity contribution in [2.75, 3.05) is 7.11 Å². The molecule has 3 nitrogen and oxygen atoms in total. The highest BCUT2D eigenvalue weighted by atomic mass is 16.5. The molecule has 1 aromatic carbocycles. The van der Waals surface area contributed by atoms with Crippen molar-refractivity contribution in [3.8, 4) is 11.5 Å². The van der Waals surface area contributed by atoms with Crippen molar-refractivity contribution in [2.24, 2.45) is 0 Å². The first-order valence-corrected chi connectivity index (χ1v) is 4.63. The molecule has 0 radical (unpaired) electrons. The summed E-state index contributed by atoms with van der Waals surface area (Å²) >= 11 is 0. The van der Waals surface area contributed by atoms with E-state index in [1.54, 1.807) is 19.2 Å². The number of ether oxygens (including phenoxy) is 2. The van der Waals surface area contributed by atoms with Crippen molar-refractivity contribution < 1.29 is 14.3 Å². The third-order valence-electron chi connectivity index (χ3n) is 2.16. The normalized spacial score (nSPS) is 14.9. The van der Waals surface area contributed by atoms with E-state index >= 15 is 0 Å². The van der Waals surface area contributed by atoms with Crippen molar-refractivity contribution in [2.45, 2.75) is 18.9 Å². The van der Waals surface area contributed by atoms with Gasteiger partial charge >= 0.3 is 0 Å². The van der Waals surface area contributed by atoms with E-state index in [-0.39, 0.29) is 0 Å². The van der Waals surface area contributed by atoms with E-state index in [9.17, 15) is 4.79 Å². The molecule has 74 valence electrons. The van der Waals surface area contributed by atoms with Crippen LogP contribution in [0.15, 0.2) is 18.2 Å². The standard InChI is InChI=1S/C11H12O3/c1-13-11-5-4-10(6-8(11)7-12)14-9-2-3-9/h4-7,9H,2-3H2,1H3. The molecule has 0 bridgehead atoms. The molecule has 0 saturated heterocycles. The third kappa shape index (κ3) is 1.87. The van der Waals surface area contributed by atoms with Gasteiger partial charge in [-0.25, -0.2) is 0 Å². The molecule has 0 aromatic heterocycles. The zero-order chi connectivity index (χ0) is 9.97. The number of hydrogen-bond donors (Lipinski definition) is 0. The summed E-state index contributed by atoms with van der Waals surface area (Å²) < 4.78 is 10.6. The largest absolute Gasteiger partial charge is 0.496 e. The summed E-state index contributed by atoms with van der Waals surface area (Å²) in [6, 6.07) is 5.29. The van der Waals surface area contributed by atoms with Gasteiger partial charge in [0.2, 0.25) is 0 Å². The highest BCUT2D eigenvalue weighted by molar-refractivity contribution is 5.80. The summed E-state index contributed by atoms with van der Waals surface area (Å²) in [7, 11) is 1.55. The van der Waals surface area contributed by atoms with E-state index in [0.717, 1.165) is 24.9 Å². The SMILES string of the molecule is COc1ccc(OC2CC2)cc1C=O. The maximum Gasteiger partial charge on any atom is 0.153 e. The molecule has 1 saturated carbocycles. The molecule has 3 heteroatoms. The van der Waals surface area contributed by atoms with Crippen LogP contribution in [0.2, 0.25) is 0 Å². The van der Waals surface area contributed by atoms with Crippen LogP contribution in [0.3, 0.4) is 0 Å². The van der Waals surface area contributed by atoms with Crippen molar-refractivity contribution in [3.63, 3.8) is 0 Å². The number of rotatable bonds is 4. The lowest BCUT2D eigenvalue weighted by atomic mass is 10.2. The van der Waals surface area contributed by atoms with Crippen molar-refractivity contribution >= 4 is 6.29 Å². The second kappa shape index (κ2) is 3.70. The van der Waals surface area contributed by atoms with Gasteiger partial charge in [0.1, 0.15) is 11.5 Å². The van der Waals surface area contributed by atoms with Crippen LogP contribution in [0, 0.1) is 0 Å². The Morgan fingerprint density at radius 2 is 2.21 bits per heavy atom. The average Bonchev–Trinajstić information content (AvgIpc) is 3.01. The molecular formula is C11H12O3. The lowest BCUT2D eigenvalue weighted by Crippen LogP contribution is -1.97. The molecule has 1 aromatic rings. The number of hydrogen-bond acceptors (Lipinski definition) is 3. The minimum absolute atomic E-state index is 0.350. The highest BCUT2D eigenvalue weighted by Crippen LogP contribution is 2.29. The molecule has 0 N–H and O–H groups in total. The molecule has 1 fully saturated rings. The number of carbonyl (C=O) groups excluding carboxylic acids is 1. The van der Waals surface area contributed by atoms with Crippen LogP contribution >= 0.6 is 0 Å². The van der Waals surface area contributed by atoms with Crippen LogP contribution in [-0.2, 0) is 0 Å². The van der Waals surface area contributed by atoms with Gasteiger partial charge in [0, 0.05) is 0 Å². The van der Waals surface area contributed by atoms with E-state index in [2.05, 4.69) is 0 Å². The predicted octanol–water partition coefficient (Wildman–Crippen LogP) is 2.05. The minimum Gasteiger partial charge on any atom is -0.496 e. The lowest BCUT2D eigenvalue weighted by Gasteiger charge is -2.07. The van der Waals surface area contributed by atoms with E-state index in [4.69, 9.17) is 9.47 Å². The molecule has 0 amide bonds. The Labute approximate surface area is 82.6 Å². The molecule has 0 heterocycles. The summed E-state index contributed by atoms with van der Waals surface area (Å²) in [6.07, 6.45) is 3.35. The molecular weight excluding hydrogens is 180 g/mol. The monoisotopic (exact) mass is 192 g/mol. The minimum atomic E-state index is 0.350. The summed E-state index contributed by atoms with van der Waals surface area (Å²) in [6.45, 7) is 0. The fraction of sp³-hybridized carbons (Fsp3) is 0.364. The first-order valence-electron chi connectivity index (χ1n) is 4.63. The first kappa shape index (κ1) is 9.06. The summed E-state index contributed by atoms with van der Waals surface area (Å²) in [5, 5.41) is 0. The van der Waals surface area contributed by atoms with Crippen LogP contribution in [0.1, 0.15) is 23.2 Å². The zero-order valence-electron chi connectivity index (χ0n) is 8.03. The smallest absolute Gasteiger partial charge is 0.153 e. The number of aldehydes is 1. The molecule has 0 unspecified atom stereocenters. The van der Waals surface area contributed by atoms with Gasteiger partial charge in [-0.15, -0.1) is 0 Å². The van der Waals surface area contributed by atoms with E-state index in [1.807, 2.05) is 6.07 Å². The summed E-state index contributed by atoms with van der Waals surface area (Å²) in [4.78, 5) is 10.7. The van der Waals surface area contributed by atoms with Gasteiger partial charge in [-0.3, -0.25) is 4.79 Å². The summed E-state index contributed by atoms with van der Waals surface area (Å²) in [5.41, 5.74) is 0.533. The second-order valence-corrected chi connectivity index (χ2v) is 3.34. The fourth-order valence-corrected chi connectivity index (χ4v) is 1.26. The Morgan fingerprint density at radius 1 is 1.43 bits per heavy atom. The van der Waals surface area contributed by atoms with Crippen molar-refractivity contribution in [1.29, 1.82) is 0 Å². The van der Waals surface area contributed by atoms with E-state index in [0.29, 0.717) is 17.4 Å². The van der Waals surface area contributed by atoms with Gasteiger partial charge in [0.25, 0.3) is 0 Å².